The molecule has 1 atom stereocenters. The number of aromatic nitrogens is 4. The average Bonchev–Trinajstić information content (AvgIpc) is 3.05. The van der Waals surface area contributed by atoms with Crippen LogP contribution in [0.4, 0.5) is 5.95 Å². The molecule has 3 aromatic rings. The Morgan fingerprint density at radius 2 is 2.04 bits per heavy atom. The molecule has 130 valence electrons. The summed E-state index contributed by atoms with van der Waals surface area (Å²) >= 11 is 0. The number of phenols is 1. The number of carbonyl (C=O) groups is 1. The van der Waals surface area contributed by atoms with Crippen molar-refractivity contribution in [3.8, 4) is 17.1 Å². The van der Waals surface area contributed by atoms with Crippen LogP contribution < -0.4 is 11.1 Å². The number of primary amides is 1. The van der Waals surface area contributed by atoms with Crippen LogP contribution in [0.5, 0.6) is 5.75 Å². The molecule has 1 aromatic carbocycles. The van der Waals surface area contributed by atoms with Crippen LogP contribution in [-0.2, 0) is 4.79 Å². The molecule has 8 heteroatoms. The van der Waals surface area contributed by atoms with E-state index in [1.54, 1.807) is 54.3 Å². The molecule has 1 amide bonds. The standard InChI is InChI=1S/C18H16N6O2/c1-10-14(16(19)26)15(12-3-2-8-20-9-12)24-18(21-10)22-17(23-24)11-4-6-13(25)7-5-11/h2-9,15,25H,1H3,(H2,19,26)(H,21,22,23). The fourth-order valence-corrected chi connectivity index (χ4v) is 3.05. The molecule has 0 saturated carbocycles. The van der Waals surface area contributed by atoms with Gasteiger partial charge in [-0.1, -0.05) is 6.07 Å². The highest BCUT2D eigenvalue weighted by Crippen LogP contribution is 2.35. The number of nitrogens with two attached hydrogens (primary N) is 1. The van der Waals surface area contributed by atoms with Gasteiger partial charge in [-0.15, -0.1) is 5.10 Å². The molecule has 0 fully saturated rings. The number of carbonyl (C=O) groups excluding carboxylic acids is 1. The fraction of sp³-hybridized carbons (Fsp3) is 0.111. The van der Waals surface area contributed by atoms with E-state index in [0.29, 0.717) is 23.0 Å². The number of hydrogen-bond acceptors (Lipinski definition) is 6. The largest absolute Gasteiger partial charge is 0.508 e. The molecule has 4 N–H and O–H groups in total. The second-order valence-corrected chi connectivity index (χ2v) is 5.97. The summed E-state index contributed by atoms with van der Waals surface area (Å²) in [6.45, 7) is 1.78. The molecular weight excluding hydrogens is 332 g/mol. The number of allylic oxidation sites excluding steroid dienone is 1. The van der Waals surface area contributed by atoms with E-state index < -0.39 is 11.9 Å². The molecule has 3 heterocycles. The zero-order chi connectivity index (χ0) is 18.3. The number of hydrogen-bond donors (Lipinski definition) is 3. The van der Waals surface area contributed by atoms with E-state index in [1.165, 1.54) is 0 Å². The van der Waals surface area contributed by atoms with Crippen molar-refractivity contribution in [2.45, 2.75) is 13.0 Å². The smallest absolute Gasteiger partial charge is 0.248 e. The molecule has 1 aliphatic heterocycles. The van der Waals surface area contributed by atoms with Crippen molar-refractivity contribution in [2.75, 3.05) is 5.32 Å². The van der Waals surface area contributed by atoms with Crippen molar-refractivity contribution in [3.05, 3.63) is 65.6 Å². The zero-order valence-electron chi connectivity index (χ0n) is 13.9. The minimum atomic E-state index is -0.531. The zero-order valence-corrected chi connectivity index (χ0v) is 13.9. The number of phenolic OH excluding ortho intramolecular Hbond substituents is 1. The van der Waals surface area contributed by atoms with Gasteiger partial charge in [0.05, 0.1) is 5.57 Å². The van der Waals surface area contributed by atoms with Gasteiger partial charge in [0, 0.05) is 23.7 Å². The fourth-order valence-electron chi connectivity index (χ4n) is 3.05. The number of benzene rings is 1. The molecule has 0 spiro atoms. The predicted octanol–water partition coefficient (Wildman–Crippen LogP) is 1.82. The maximum atomic E-state index is 12.1. The Bertz CT molecular complexity index is 1010. The Morgan fingerprint density at radius 3 is 2.69 bits per heavy atom. The van der Waals surface area contributed by atoms with Gasteiger partial charge in [-0.3, -0.25) is 9.78 Å². The molecule has 0 radical (unpaired) electrons. The highest BCUT2D eigenvalue weighted by Gasteiger charge is 2.33. The van der Waals surface area contributed by atoms with Crippen molar-refractivity contribution in [1.82, 2.24) is 19.7 Å². The minimum Gasteiger partial charge on any atom is -0.508 e. The van der Waals surface area contributed by atoms with E-state index in [2.05, 4.69) is 20.4 Å². The van der Waals surface area contributed by atoms with E-state index >= 15 is 0 Å². The molecule has 26 heavy (non-hydrogen) atoms. The lowest BCUT2D eigenvalue weighted by Crippen LogP contribution is -2.31. The third-order valence-electron chi connectivity index (χ3n) is 4.24. The van der Waals surface area contributed by atoms with Crippen LogP contribution >= 0.6 is 0 Å². The van der Waals surface area contributed by atoms with E-state index in [0.717, 1.165) is 11.1 Å². The van der Waals surface area contributed by atoms with Crippen molar-refractivity contribution >= 4 is 11.9 Å². The van der Waals surface area contributed by atoms with Crippen LogP contribution in [0.2, 0.25) is 0 Å². The third kappa shape index (κ3) is 2.57. The number of pyridine rings is 1. The average molecular weight is 348 g/mol. The van der Waals surface area contributed by atoms with E-state index in [9.17, 15) is 9.90 Å². The van der Waals surface area contributed by atoms with Crippen molar-refractivity contribution in [1.29, 1.82) is 0 Å². The minimum absolute atomic E-state index is 0.164. The van der Waals surface area contributed by atoms with Crippen LogP contribution in [0.15, 0.2) is 60.1 Å². The number of nitrogens with one attached hydrogen (secondary N) is 1. The summed E-state index contributed by atoms with van der Waals surface area (Å²) in [6, 6.07) is 9.74. The first-order valence-corrected chi connectivity index (χ1v) is 7.98. The molecule has 0 bridgehead atoms. The predicted molar refractivity (Wildman–Crippen MR) is 95.0 cm³/mol. The summed E-state index contributed by atoms with van der Waals surface area (Å²) in [5, 5.41) is 17.1. The molecule has 8 nitrogen and oxygen atoms in total. The Balaban J connectivity index is 1.87. The topological polar surface area (TPSA) is 119 Å². The molecule has 0 saturated heterocycles. The first kappa shape index (κ1) is 15.8. The number of nitrogens with zero attached hydrogens (tertiary/aromatic N) is 4. The Labute approximate surface area is 149 Å². The number of rotatable bonds is 3. The van der Waals surface area contributed by atoms with Gasteiger partial charge in [-0.2, -0.15) is 4.98 Å². The van der Waals surface area contributed by atoms with Crippen molar-refractivity contribution < 1.29 is 9.90 Å². The maximum absolute atomic E-state index is 12.1. The van der Waals surface area contributed by atoms with Crippen LogP contribution in [0, 0.1) is 0 Å². The van der Waals surface area contributed by atoms with Crippen molar-refractivity contribution in [3.63, 3.8) is 0 Å². The summed E-state index contributed by atoms with van der Waals surface area (Å²) < 4.78 is 1.63. The van der Waals surface area contributed by atoms with Gasteiger partial charge < -0.3 is 16.2 Å². The highest BCUT2D eigenvalue weighted by molar-refractivity contribution is 5.95. The lowest BCUT2D eigenvalue weighted by Gasteiger charge is -2.27. The van der Waals surface area contributed by atoms with E-state index in [4.69, 9.17) is 5.73 Å². The molecule has 2 aromatic heterocycles. The molecule has 1 unspecified atom stereocenters. The van der Waals surface area contributed by atoms with Crippen LogP contribution in [0.1, 0.15) is 18.5 Å². The Kier molecular flexibility index (Phi) is 3.65. The first-order valence-electron chi connectivity index (χ1n) is 7.98. The molecule has 1 aliphatic rings. The summed E-state index contributed by atoms with van der Waals surface area (Å²) in [6.07, 6.45) is 3.34. The first-order chi connectivity index (χ1) is 12.5. The lowest BCUT2D eigenvalue weighted by molar-refractivity contribution is -0.115. The summed E-state index contributed by atoms with van der Waals surface area (Å²) in [4.78, 5) is 20.8. The molecular formula is C18H16N6O2. The number of fused-ring (bicyclic) bond motifs is 1. The highest BCUT2D eigenvalue weighted by atomic mass is 16.3. The van der Waals surface area contributed by atoms with E-state index in [1.807, 2.05) is 6.07 Å². The summed E-state index contributed by atoms with van der Waals surface area (Å²) in [5.74, 6) is 0.609. The Hall–Kier alpha value is -3.68. The number of anilines is 1. The summed E-state index contributed by atoms with van der Waals surface area (Å²) in [7, 11) is 0. The van der Waals surface area contributed by atoms with Crippen LogP contribution in [0.3, 0.4) is 0 Å². The van der Waals surface area contributed by atoms with Crippen molar-refractivity contribution in [2.24, 2.45) is 5.73 Å². The Morgan fingerprint density at radius 1 is 1.27 bits per heavy atom. The van der Waals surface area contributed by atoms with Gasteiger partial charge in [-0.25, -0.2) is 4.68 Å². The quantitative estimate of drug-likeness (QED) is 0.664. The van der Waals surface area contributed by atoms with Gasteiger partial charge in [0.2, 0.25) is 11.9 Å². The second kappa shape index (κ2) is 5.99. The monoisotopic (exact) mass is 348 g/mol. The number of aromatic hydroxyl groups is 1. The van der Waals surface area contributed by atoms with Gasteiger partial charge in [-0.05, 0) is 42.8 Å². The third-order valence-corrected chi connectivity index (χ3v) is 4.24. The van der Waals surface area contributed by atoms with E-state index in [-0.39, 0.29) is 5.75 Å². The SMILES string of the molecule is CC1=C(C(N)=O)C(c2cccnc2)n2nc(-c3ccc(O)cc3)nc2N1. The maximum Gasteiger partial charge on any atom is 0.248 e. The summed E-state index contributed by atoms with van der Waals surface area (Å²) in [5.41, 5.74) is 8.20. The lowest BCUT2D eigenvalue weighted by atomic mass is 9.97. The van der Waals surface area contributed by atoms with Gasteiger partial charge in [0.25, 0.3) is 0 Å². The van der Waals surface area contributed by atoms with Gasteiger partial charge in [0.1, 0.15) is 11.8 Å². The van der Waals surface area contributed by atoms with Crippen LogP contribution in [0.25, 0.3) is 11.4 Å². The van der Waals surface area contributed by atoms with Gasteiger partial charge >= 0.3 is 0 Å². The molecule has 0 aliphatic carbocycles. The number of amides is 1. The van der Waals surface area contributed by atoms with Crippen LogP contribution in [-0.4, -0.2) is 30.8 Å². The second-order valence-electron chi connectivity index (χ2n) is 5.97. The van der Waals surface area contributed by atoms with Gasteiger partial charge in [0.15, 0.2) is 5.82 Å². The normalized spacial score (nSPS) is 16.1. The molecule has 4 rings (SSSR count).